The number of nitrogens with zero attached hydrogens (tertiary/aromatic N) is 3. The molecule has 0 spiro atoms. The van der Waals surface area contributed by atoms with Gasteiger partial charge in [0, 0.05) is 11.3 Å². The van der Waals surface area contributed by atoms with Crippen LogP contribution in [-0.2, 0) is 0 Å². The molecule has 1 heterocycles. The van der Waals surface area contributed by atoms with Crippen LogP contribution in [0, 0.1) is 0 Å². The van der Waals surface area contributed by atoms with Gasteiger partial charge in [0.15, 0.2) is 5.82 Å². The second-order valence-corrected chi connectivity index (χ2v) is 4.98. The van der Waals surface area contributed by atoms with Gasteiger partial charge in [-0.1, -0.05) is 12.1 Å². The van der Waals surface area contributed by atoms with Crippen LogP contribution in [0.2, 0.25) is 0 Å². The summed E-state index contributed by atoms with van der Waals surface area (Å²) >= 11 is 0. The fraction of sp³-hybridized carbons (Fsp3) is 0. The number of amides is 1. The van der Waals surface area contributed by atoms with E-state index in [1.807, 2.05) is 0 Å². The Balaban J connectivity index is 1.91. The number of carboxylic acids is 1. The number of tetrazole rings is 1. The Bertz CT molecular complexity index is 955. The van der Waals surface area contributed by atoms with Gasteiger partial charge in [-0.05, 0) is 34.7 Å². The normalized spacial score (nSPS) is 10.4. The molecule has 0 fully saturated rings. The van der Waals surface area contributed by atoms with Crippen LogP contribution in [-0.4, -0.2) is 47.8 Å². The van der Waals surface area contributed by atoms with Crippen molar-refractivity contribution in [3.05, 3.63) is 47.5 Å². The number of anilines is 1. The number of carboxylic acid groups (broad SMARTS) is 1. The van der Waals surface area contributed by atoms with E-state index >= 15 is 0 Å². The van der Waals surface area contributed by atoms with Crippen LogP contribution >= 0.6 is 0 Å². The summed E-state index contributed by atoms with van der Waals surface area (Å²) in [5.41, 5.74) is 0.0171. The SMILES string of the molecule is O=C(O)c1cc(O)cc(C(=O)Nc2cccc(-c3nnn[nH]3)c2)c1O. The number of nitrogens with one attached hydrogen (secondary N) is 2. The maximum absolute atomic E-state index is 12.3. The Morgan fingerprint density at radius 2 is 1.84 bits per heavy atom. The first-order valence-corrected chi connectivity index (χ1v) is 6.90. The zero-order valence-corrected chi connectivity index (χ0v) is 12.5. The van der Waals surface area contributed by atoms with Gasteiger partial charge < -0.3 is 20.6 Å². The molecule has 25 heavy (non-hydrogen) atoms. The van der Waals surface area contributed by atoms with E-state index in [1.165, 1.54) is 0 Å². The van der Waals surface area contributed by atoms with E-state index < -0.39 is 28.9 Å². The lowest BCUT2D eigenvalue weighted by molar-refractivity contribution is 0.0693. The minimum atomic E-state index is -1.47. The second-order valence-electron chi connectivity index (χ2n) is 4.98. The van der Waals surface area contributed by atoms with E-state index in [9.17, 15) is 19.8 Å². The lowest BCUT2D eigenvalue weighted by atomic mass is 10.1. The summed E-state index contributed by atoms with van der Waals surface area (Å²) in [6.07, 6.45) is 0. The molecular formula is C15H11N5O5. The number of phenolic OH excluding ortho intramolecular Hbond substituents is 1. The Hall–Kier alpha value is -3.95. The van der Waals surface area contributed by atoms with Gasteiger partial charge in [0.1, 0.15) is 17.1 Å². The molecule has 0 saturated heterocycles. The molecular weight excluding hydrogens is 330 g/mol. The molecule has 10 nitrogen and oxygen atoms in total. The van der Waals surface area contributed by atoms with E-state index in [-0.39, 0.29) is 5.56 Å². The third-order valence-corrected chi connectivity index (χ3v) is 3.31. The average Bonchev–Trinajstić information content (AvgIpc) is 3.11. The van der Waals surface area contributed by atoms with Crippen LogP contribution in [0.1, 0.15) is 20.7 Å². The van der Waals surface area contributed by atoms with Crippen molar-refractivity contribution in [3.8, 4) is 22.9 Å². The highest BCUT2D eigenvalue weighted by Crippen LogP contribution is 2.29. The fourth-order valence-corrected chi connectivity index (χ4v) is 2.18. The number of carbonyl (C=O) groups excluding carboxylic acids is 1. The molecule has 0 atom stereocenters. The average molecular weight is 341 g/mol. The summed E-state index contributed by atoms with van der Waals surface area (Å²) in [4.78, 5) is 23.4. The third-order valence-electron chi connectivity index (χ3n) is 3.31. The van der Waals surface area contributed by atoms with E-state index in [0.717, 1.165) is 12.1 Å². The Kier molecular flexibility index (Phi) is 4.00. The molecule has 2 aromatic carbocycles. The van der Waals surface area contributed by atoms with Crippen LogP contribution < -0.4 is 5.32 Å². The van der Waals surface area contributed by atoms with Gasteiger partial charge in [-0.3, -0.25) is 4.79 Å². The lowest BCUT2D eigenvalue weighted by Crippen LogP contribution is -2.13. The van der Waals surface area contributed by atoms with Crippen molar-refractivity contribution in [2.75, 3.05) is 5.32 Å². The van der Waals surface area contributed by atoms with Crippen molar-refractivity contribution in [2.45, 2.75) is 0 Å². The van der Waals surface area contributed by atoms with Crippen molar-refractivity contribution < 1.29 is 24.9 Å². The van der Waals surface area contributed by atoms with E-state index in [4.69, 9.17) is 5.11 Å². The molecule has 0 bridgehead atoms. The molecule has 0 saturated carbocycles. The number of aromatic nitrogens is 4. The smallest absolute Gasteiger partial charge is 0.339 e. The highest BCUT2D eigenvalue weighted by Gasteiger charge is 2.20. The molecule has 0 aliphatic rings. The van der Waals surface area contributed by atoms with Crippen LogP contribution in [0.3, 0.4) is 0 Å². The lowest BCUT2D eigenvalue weighted by Gasteiger charge is -2.10. The summed E-state index contributed by atoms with van der Waals surface area (Å²) < 4.78 is 0. The highest BCUT2D eigenvalue weighted by atomic mass is 16.4. The minimum Gasteiger partial charge on any atom is -0.508 e. The number of rotatable bonds is 4. The first-order chi connectivity index (χ1) is 12.0. The predicted octanol–water partition coefficient (Wildman–Crippen LogP) is 1.23. The Morgan fingerprint density at radius 3 is 2.52 bits per heavy atom. The first kappa shape index (κ1) is 15.9. The molecule has 10 heteroatoms. The maximum Gasteiger partial charge on any atom is 0.339 e. The first-order valence-electron chi connectivity index (χ1n) is 6.90. The van der Waals surface area contributed by atoms with Gasteiger partial charge in [-0.2, -0.15) is 0 Å². The Labute approximate surface area is 139 Å². The summed E-state index contributed by atoms with van der Waals surface area (Å²) in [6.45, 7) is 0. The third kappa shape index (κ3) is 3.22. The number of benzene rings is 2. The molecule has 126 valence electrons. The monoisotopic (exact) mass is 341 g/mol. The number of aromatic carboxylic acids is 1. The summed E-state index contributed by atoms with van der Waals surface area (Å²) in [5.74, 6) is -3.06. The maximum atomic E-state index is 12.3. The van der Waals surface area contributed by atoms with Gasteiger partial charge in [-0.25, -0.2) is 9.89 Å². The number of aromatic amines is 1. The summed E-state index contributed by atoms with van der Waals surface area (Å²) in [5, 5.41) is 44.3. The van der Waals surface area contributed by atoms with E-state index in [1.54, 1.807) is 24.3 Å². The van der Waals surface area contributed by atoms with Crippen LogP contribution in [0.25, 0.3) is 11.4 Å². The molecule has 1 amide bonds. The van der Waals surface area contributed by atoms with E-state index in [0.29, 0.717) is 17.1 Å². The van der Waals surface area contributed by atoms with Crippen LogP contribution in [0.5, 0.6) is 11.5 Å². The second kappa shape index (κ2) is 6.28. The quantitative estimate of drug-likeness (QED) is 0.443. The molecule has 0 aliphatic carbocycles. The van der Waals surface area contributed by atoms with Crippen molar-refractivity contribution in [1.29, 1.82) is 0 Å². The topological polar surface area (TPSA) is 161 Å². The number of aromatic hydroxyl groups is 2. The molecule has 0 unspecified atom stereocenters. The molecule has 5 N–H and O–H groups in total. The summed E-state index contributed by atoms with van der Waals surface area (Å²) in [7, 11) is 0. The molecule has 3 aromatic rings. The van der Waals surface area contributed by atoms with Gasteiger partial charge in [0.2, 0.25) is 0 Å². The van der Waals surface area contributed by atoms with Crippen LogP contribution in [0.15, 0.2) is 36.4 Å². The van der Waals surface area contributed by atoms with Gasteiger partial charge in [0.05, 0.1) is 5.56 Å². The highest BCUT2D eigenvalue weighted by molar-refractivity contribution is 6.09. The van der Waals surface area contributed by atoms with Crippen molar-refractivity contribution >= 4 is 17.6 Å². The van der Waals surface area contributed by atoms with E-state index in [2.05, 4.69) is 25.9 Å². The molecule has 0 radical (unpaired) electrons. The minimum absolute atomic E-state index is 0.360. The van der Waals surface area contributed by atoms with Crippen molar-refractivity contribution in [2.24, 2.45) is 0 Å². The summed E-state index contributed by atoms with van der Waals surface area (Å²) in [6, 6.07) is 8.36. The fourth-order valence-electron chi connectivity index (χ4n) is 2.18. The Morgan fingerprint density at radius 1 is 1.08 bits per heavy atom. The molecule has 1 aromatic heterocycles. The number of carbonyl (C=O) groups is 2. The zero-order valence-electron chi connectivity index (χ0n) is 12.5. The van der Waals surface area contributed by atoms with Gasteiger partial charge in [-0.15, -0.1) is 5.10 Å². The van der Waals surface area contributed by atoms with Crippen molar-refractivity contribution in [3.63, 3.8) is 0 Å². The van der Waals surface area contributed by atoms with Crippen molar-refractivity contribution in [1.82, 2.24) is 20.6 Å². The number of hydrogen-bond donors (Lipinski definition) is 5. The standard InChI is InChI=1S/C15H11N5O5/c21-9-5-10(12(22)11(6-9)15(24)25)14(23)16-8-3-1-2-7(4-8)13-17-19-20-18-13/h1-6,21-22H,(H,16,23)(H,24,25)(H,17,18,19,20). The van der Waals surface area contributed by atoms with Gasteiger partial charge in [0.25, 0.3) is 5.91 Å². The number of hydrogen-bond acceptors (Lipinski definition) is 7. The molecule has 3 rings (SSSR count). The zero-order chi connectivity index (χ0) is 18.0. The van der Waals surface area contributed by atoms with Crippen LogP contribution in [0.4, 0.5) is 5.69 Å². The number of phenols is 2. The predicted molar refractivity (Wildman–Crippen MR) is 84.3 cm³/mol. The largest absolute Gasteiger partial charge is 0.508 e. The van der Waals surface area contributed by atoms with Gasteiger partial charge >= 0.3 is 5.97 Å². The number of H-pyrrole nitrogens is 1. The molecule has 0 aliphatic heterocycles.